The van der Waals surface area contributed by atoms with Crippen LogP contribution in [0.15, 0.2) is 30.3 Å². The number of H-pyrrole nitrogens is 1. The van der Waals surface area contributed by atoms with Gasteiger partial charge in [-0.2, -0.15) is 5.10 Å². The molecule has 0 aliphatic heterocycles. The van der Waals surface area contributed by atoms with E-state index in [1.807, 2.05) is 51.1 Å². The van der Waals surface area contributed by atoms with E-state index in [1.54, 1.807) is 4.90 Å². The first-order chi connectivity index (χ1) is 17.7. The number of rotatable bonds is 17. The zero-order chi connectivity index (χ0) is 27.3. The maximum atomic E-state index is 13.0. The largest absolute Gasteiger partial charge is 0.338 e. The predicted octanol–water partition coefficient (Wildman–Crippen LogP) is 3.32. The Morgan fingerprint density at radius 3 is 2.41 bits per heavy atom. The van der Waals surface area contributed by atoms with Crippen molar-refractivity contribution in [2.45, 2.75) is 66.5 Å². The quantitative estimate of drug-likeness (QED) is 0.286. The number of carbonyl (C=O) groups excluding carboxylic acids is 1. The molecule has 0 saturated carbocycles. The van der Waals surface area contributed by atoms with Gasteiger partial charge in [-0.05, 0) is 57.3 Å². The summed E-state index contributed by atoms with van der Waals surface area (Å²) in [5.41, 5.74) is 1.11. The Kier molecular flexibility index (Phi) is 13.0. The van der Waals surface area contributed by atoms with Crippen molar-refractivity contribution in [2.24, 2.45) is 5.92 Å². The van der Waals surface area contributed by atoms with Crippen molar-refractivity contribution in [1.82, 2.24) is 35.0 Å². The number of sulfonamides is 1. The number of aromatic amines is 1. The van der Waals surface area contributed by atoms with Gasteiger partial charge in [0.25, 0.3) is 0 Å². The highest BCUT2D eigenvalue weighted by atomic mass is 32.2. The van der Waals surface area contributed by atoms with E-state index in [-0.39, 0.29) is 18.3 Å². The Balaban J connectivity index is 2.12. The lowest BCUT2D eigenvalue weighted by Gasteiger charge is -2.21. The molecule has 2 amide bonds. The van der Waals surface area contributed by atoms with Crippen molar-refractivity contribution >= 4 is 16.1 Å². The lowest BCUT2D eigenvalue weighted by molar-refractivity contribution is 0.195. The van der Waals surface area contributed by atoms with Gasteiger partial charge < -0.3 is 15.1 Å². The summed E-state index contributed by atoms with van der Waals surface area (Å²) in [5.74, 6) is 1.30. The molecule has 0 saturated heterocycles. The molecule has 1 atom stereocenters. The van der Waals surface area contributed by atoms with Crippen LogP contribution in [0, 0.1) is 5.92 Å². The second-order valence-electron chi connectivity index (χ2n) is 9.63. The van der Waals surface area contributed by atoms with Crippen molar-refractivity contribution in [3.63, 3.8) is 0 Å². The molecule has 37 heavy (non-hydrogen) atoms. The Bertz CT molecular complexity index is 1020. The SMILES string of the molecule is CCN(CC)CCCS(=O)(=O)N[C@H](CCc1ccccc1)c1n[nH]c(CN(CC)C(=O)NCC(C)C)n1. The Morgan fingerprint density at radius 2 is 1.78 bits per heavy atom. The summed E-state index contributed by atoms with van der Waals surface area (Å²) in [6, 6.07) is 9.20. The number of benzene rings is 1. The van der Waals surface area contributed by atoms with Crippen LogP contribution < -0.4 is 10.0 Å². The summed E-state index contributed by atoms with van der Waals surface area (Å²) in [5, 5.41) is 10.2. The van der Waals surface area contributed by atoms with Gasteiger partial charge in [0.05, 0.1) is 18.3 Å². The molecule has 1 aromatic heterocycles. The van der Waals surface area contributed by atoms with E-state index in [1.165, 1.54) is 0 Å². The van der Waals surface area contributed by atoms with Crippen LogP contribution in [0.1, 0.15) is 70.7 Å². The summed E-state index contributed by atoms with van der Waals surface area (Å²) >= 11 is 0. The molecule has 2 aromatic rings. The minimum absolute atomic E-state index is 0.0439. The van der Waals surface area contributed by atoms with Gasteiger partial charge in [-0.15, -0.1) is 0 Å². The highest BCUT2D eigenvalue weighted by Gasteiger charge is 2.24. The number of hydrogen-bond acceptors (Lipinski definition) is 6. The van der Waals surface area contributed by atoms with Crippen molar-refractivity contribution < 1.29 is 13.2 Å². The maximum absolute atomic E-state index is 13.0. The molecular weight excluding hydrogens is 490 g/mol. The zero-order valence-electron chi connectivity index (χ0n) is 23.0. The zero-order valence-corrected chi connectivity index (χ0v) is 23.9. The third-order valence-electron chi connectivity index (χ3n) is 6.20. The summed E-state index contributed by atoms with van der Waals surface area (Å²) < 4.78 is 28.8. The van der Waals surface area contributed by atoms with Gasteiger partial charge in [-0.1, -0.05) is 58.0 Å². The van der Waals surface area contributed by atoms with Crippen LogP contribution >= 0.6 is 0 Å². The highest BCUT2D eigenvalue weighted by Crippen LogP contribution is 2.18. The Hall–Kier alpha value is -2.50. The molecule has 0 unspecified atom stereocenters. The molecule has 0 aliphatic rings. The Morgan fingerprint density at radius 1 is 1.08 bits per heavy atom. The van der Waals surface area contributed by atoms with E-state index in [2.05, 4.69) is 44.0 Å². The standard InChI is InChI=1S/C26H45N7O3S/c1-6-32(7-2)17-12-18-37(35,36)31-23(16-15-22-13-10-9-11-14-22)25-28-24(29-30-25)20-33(8-3)26(34)27-19-21(4)5/h9-11,13-14,21,23,31H,6-8,12,15-20H2,1-5H3,(H,27,34)(H,28,29,30)/t23-/m1/s1. The fourth-order valence-electron chi connectivity index (χ4n) is 3.94. The van der Waals surface area contributed by atoms with Crippen molar-refractivity contribution in [2.75, 3.05) is 38.5 Å². The van der Waals surface area contributed by atoms with Crippen LogP contribution in [-0.4, -0.2) is 77.9 Å². The Labute approximate surface area is 222 Å². The van der Waals surface area contributed by atoms with Crippen LogP contribution in [0.4, 0.5) is 4.79 Å². The van der Waals surface area contributed by atoms with Gasteiger partial charge in [0.2, 0.25) is 10.0 Å². The van der Waals surface area contributed by atoms with Crippen LogP contribution in [0.3, 0.4) is 0 Å². The van der Waals surface area contributed by atoms with E-state index in [0.717, 1.165) is 25.2 Å². The van der Waals surface area contributed by atoms with E-state index >= 15 is 0 Å². The summed E-state index contributed by atoms with van der Waals surface area (Å²) in [6.45, 7) is 14.0. The molecule has 10 nitrogen and oxygen atoms in total. The number of aromatic nitrogens is 3. The molecule has 1 heterocycles. The average Bonchev–Trinajstić information content (AvgIpc) is 3.35. The number of hydrogen-bond donors (Lipinski definition) is 3. The molecule has 1 aromatic carbocycles. The van der Waals surface area contributed by atoms with Crippen molar-refractivity contribution in [3.8, 4) is 0 Å². The first kappa shape index (κ1) is 30.7. The van der Waals surface area contributed by atoms with Gasteiger partial charge in [-0.25, -0.2) is 22.9 Å². The molecule has 0 fully saturated rings. The fourth-order valence-corrected chi connectivity index (χ4v) is 5.22. The maximum Gasteiger partial charge on any atom is 0.317 e. The number of nitrogens with one attached hydrogen (secondary N) is 3. The van der Waals surface area contributed by atoms with Crippen molar-refractivity contribution in [3.05, 3.63) is 47.5 Å². The second-order valence-corrected chi connectivity index (χ2v) is 11.5. The lowest BCUT2D eigenvalue weighted by atomic mass is 10.1. The topological polar surface area (TPSA) is 123 Å². The molecule has 0 bridgehead atoms. The third kappa shape index (κ3) is 11.2. The number of amides is 2. The third-order valence-corrected chi connectivity index (χ3v) is 7.67. The molecule has 3 N–H and O–H groups in total. The van der Waals surface area contributed by atoms with E-state index in [9.17, 15) is 13.2 Å². The monoisotopic (exact) mass is 535 g/mol. The average molecular weight is 536 g/mol. The molecule has 0 aliphatic carbocycles. The van der Waals surface area contributed by atoms with E-state index in [0.29, 0.717) is 49.9 Å². The van der Waals surface area contributed by atoms with Gasteiger partial charge in [0.15, 0.2) is 5.82 Å². The summed E-state index contributed by atoms with van der Waals surface area (Å²) in [4.78, 5) is 21.0. The van der Waals surface area contributed by atoms with Gasteiger partial charge >= 0.3 is 6.03 Å². The first-order valence-electron chi connectivity index (χ1n) is 13.4. The molecular formula is C26H45N7O3S. The predicted molar refractivity (Wildman–Crippen MR) is 148 cm³/mol. The summed E-state index contributed by atoms with van der Waals surface area (Å²) in [7, 11) is -3.54. The van der Waals surface area contributed by atoms with Gasteiger partial charge in [0.1, 0.15) is 5.82 Å². The lowest BCUT2D eigenvalue weighted by Crippen LogP contribution is -2.41. The van der Waals surface area contributed by atoms with E-state index in [4.69, 9.17) is 0 Å². The number of carbonyl (C=O) groups is 1. The molecule has 2 rings (SSSR count). The number of nitrogens with zero attached hydrogens (tertiary/aromatic N) is 4. The summed E-state index contributed by atoms with van der Waals surface area (Å²) in [6.07, 6.45) is 1.75. The van der Waals surface area contributed by atoms with E-state index < -0.39 is 16.1 Å². The number of aryl methyl sites for hydroxylation is 1. The second kappa shape index (κ2) is 15.7. The normalized spacial score (nSPS) is 12.7. The minimum Gasteiger partial charge on any atom is -0.338 e. The number of urea groups is 1. The van der Waals surface area contributed by atoms with Gasteiger partial charge in [0, 0.05) is 13.1 Å². The van der Waals surface area contributed by atoms with Crippen LogP contribution in [-0.2, 0) is 23.0 Å². The highest BCUT2D eigenvalue weighted by molar-refractivity contribution is 7.89. The van der Waals surface area contributed by atoms with Crippen molar-refractivity contribution in [1.29, 1.82) is 0 Å². The smallest absolute Gasteiger partial charge is 0.317 e. The molecule has 0 radical (unpaired) electrons. The molecule has 208 valence electrons. The van der Waals surface area contributed by atoms with Crippen LogP contribution in [0.5, 0.6) is 0 Å². The molecule has 0 spiro atoms. The minimum atomic E-state index is -3.54. The van der Waals surface area contributed by atoms with Crippen LogP contribution in [0.2, 0.25) is 0 Å². The van der Waals surface area contributed by atoms with Crippen LogP contribution in [0.25, 0.3) is 0 Å². The van der Waals surface area contributed by atoms with Gasteiger partial charge in [-0.3, -0.25) is 5.10 Å². The fraction of sp³-hybridized carbons (Fsp3) is 0.654. The molecule has 11 heteroatoms. The first-order valence-corrected chi connectivity index (χ1v) is 15.0.